The second kappa shape index (κ2) is 10.6. The summed E-state index contributed by atoms with van der Waals surface area (Å²) in [4.78, 5) is 0. The second-order valence-corrected chi connectivity index (χ2v) is 7.83. The average Bonchev–Trinajstić information content (AvgIpc) is 2.90. The van der Waals surface area contributed by atoms with Crippen LogP contribution in [0.5, 0.6) is 0 Å². The lowest BCUT2D eigenvalue weighted by Crippen LogP contribution is -2.44. The summed E-state index contributed by atoms with van der Waals surface area (Å²) in [5.41, 5.74) is 0.619. The predicted octanol–water partition coefficient (Wildman–Crippen LogP) is 6.32. The molecule has 0 bridgehead atoms. The maximum Gasteiger partial charge on any atom is 0.0123 e. The SMILES string of the molecule is CCCCCCCCC(NCC)C1(CC(C)C)CCCC1. The Hall–Kier alpha value is -0.0400. The van der Waals surface area contributed by atoms with Crippen molar-refractivity contribution in [3.8, 4) is 0 Å². The van der Waals surface area contributed by atoms with Crippen LogP contribution in [0.3, 0.4) is 0 Å². The minimum Gasteiger partial charge on any atom is -0.314 e. The van der Waals surface area contributed by atoms with E-state index in [2.05, 4.69) is 33.0 Å². The third kappa shape index (κ3) is 6.72. The maximum absolute atomic E-state index is 3.87. The van der Waals surface area contributed by atoms with Crippen LogP contribution in [0.15, 0.2) is 0 Å². The molecule has 0 aliphatic heterocycles. The number of nitrogens with one attached hydrogen (secondary N) is 1. The van der Waals surface area contributed by atoms with Gasteiger partial charge in [0.25, 0.3) is 0 Å². The van der Waals surface area contributed by atoms with Gasteiger partial charge in [-0.05, 0) is 43.6 Å². The summed E-state index contributed by atoms with van der Waals surface area (Å²) in [5, 5.41) is 3.87. The Morgan fingerprint density at radius 2 is 1.52 bits per heavy atom. The van der Waals surface area contributed by atoms with Crippen molar-refractivity contribution >= 4 is 0 Å². The van der Waals surface area contributed by atoms with Gasteiger partial charge in [-0.15, -0.1) is 0 Å². The van der Waals surface area contributed by atoms with Crippen LogP contribution in [0, 0.1) is 11.3 Å². The zero-order valence-electron chi connectivity index (χ0n) is 15.3. The molecule has 1 rings (SSSR count). The topological polar surface area (TPSA) is 12.0 Å². The van der Waals surface area contributed by atoms with Crippen molar-refractivity contribution in [3.63, 3.8) is 0 Å². The lowest BCUT2D eigenvalue weighted by molar-refractivity contribution is 0.146. The second-order valence-electron chi connectivity index (χ2n) is 7.83. The van der Waals surface area contributed by atoms with Crippen molar-refractivity contribution < 1.29 is 0 Å². The molecule has 1 fully saturated rings. The van der Waals surface area contributed by atoms with Gasteiger partial charge in [0.15, 0.2) is 0 Å². The molecule has 1 N–H and O–H groups in total. The van der Waals surface area contributed by atoms with E-state index < -0.39 is 0 Å². The molecule has 1 nitrogen and oxygen atoms in total. The molecule has 0 amide bonds. The van der Waals surface area contributed by atoms with Crippen LogP contribution in [-0.2, 0) is 0 Å². The van der Waals surface area contributed by atoms with Crippen LogP contribution in [0.4, 0.5) is 0 Å². The highest BCUT2D eigenvalue weighted by Crippen LogP contribution is 2.47. The monoisotopic (exact) mass is 295 g/mol. The number of rotatable bonds is 12. The van der Waals surface area contributed by atoms with Gasteiger partial charge in [0.2, 0.25) is 0 Å². The molecule has 0 radical (unpaired) electrons. The fourth-order valence-electron chi connectivity index (χ4n) is 4.59. The van der Waals surface area contributed by atoms with Crippen LogP contribution in [0.1, 0.15) is 105 Å². The smallest absolute Gasteiger partial charge is 0.0123 e. The average molecular weight is 296 g/mol. The molecule has 1 saturated carbocycles. The molecule has 0 spiro atoms. The number of hydrogen-bond donors (Lipinski definition) is 1. The Morgan fingerprint density at radius 1 is 0.905 bits per heavy atom. The first-order valence-electron chi connectivity index (χ1n) is 9.88. The minimum absolute atomic E-state index is 0.619. The van der Waals surface area contributed by atoms with Crippen molar-refractivity contribution in [2.75, 3.05) is 6.54 Å². The molecule has 1 aliphatic carbocycles. The van der Waals surface area contributed by atoms with Crippen LogP contribution in [-0.4, -0.2) is 12.6 Å². The van der Waals surface area contributed by atoms with E-state index in [1.807, 2.05) is 0 Å². The van der Waals surface area contributed by atoms with Gasteiger partial charge < -0.3 is 5.32 Å². The summed E-state index contributed by atoms with van der Waals surface area (Å²) in [7, 11) is 0. The lowest BCUT2D eigenvalue weighted by atomic mass is 9.71. The Labute approximate surface area is 134 Å². The molecule has 21 heavy (non-hydrogen) atoms. The van der Waals surface area contributed by atoms with Crippen LogP contribution in [0.25, 0.3) is 0 Å². The highest BCUT2D eigenvalue weighted by atomic mass is 14.9. The van der Waals surface area contributed by atoms with Gasteiger partial charge in [-0.3, -0.25) is 0 Å². The molecule has 1 unspecified atom stereocenters. The van der Waals surface area contributed by atoms with E-state index in [0.29, 0.717) is 5.41 Å². The third-order valence-corrected chi connectivity index (χ3v) is 5.45. The number of unbranched alkanes of at least 4 members (excludes halogenated alkanes) is 5. The molecule has 1 atom stereocenters. The van der Waals surface area contributed by atoms with E-state index in [0.717, 1.165) is 18.5 Å². The fraction of sp³-hybridized carbons (Fsp3) is 1.00. The standard InChI is InChI=1S/C20H41N/c1-5-7-8-9-10-11-14-19(21-6-2)20(17-18(3)4)15-12-13-16-20/h18-19,21H,5-17H2,1-4H3. The van der Waals surface area contributed by atoms with Gasteiger partial charge in [-0.25, -0.2) is 0 Å². The van der Waals surface area contributed by atoms with Crippen LogP contribution < -0.4 is 5.32 Å². The normalized spacial score (nSPS) is 19.3. The Balaban J connectivity index is 2.45. The molecular weight excluding hydrogens is 254 g/mol. The van der Waals surface area contributed by atoms with Crippen molar-refractivity contribution in [3.05, 3.63) is 0 Å². The summed E-state index contributed by atoms with van der Waals surface area (Å²) in [5.74, 6) is 0.841. The maximum atomic E-state index is 3.87. The molecular formula is C20H41N. The highest BCUT2D eigenvalue weighted by Gasteiger charge is 2.40. The molecule has 1 heteroatoms. The van der Waals surface area contributed by atoms with Crippen molar-refractivity contribution in [2.45, 2.75) is 111 Å². The first-order chi connectivity index (χ1) is 10.1. The first kappa shape index (κ1) is 19.0. The quantitative estimate of drug-likeness (QED) is 0.415. The van der Waals surface area contributed by atoms with Gasteiger partial charge in [-0.2, -0.15) is 0 Å². The minimum atomic E-state index is 0.619. The zero-order chi connectivity index (χ0) is 15.6. The van der Waals surface area contributed by atoms with Gasteiger partial charge in [0, 0.05) is 6.04 Å². The zero-order valence-corrected chi connectivity index (χ0v) is 15.3. The van der Waals surface area contributed by atoms with E-state index >= 15 is 0 Å². The van der Waals surface area contributed by atoms with E-state index in [9.17, 15) is 0 Å². The third-order valence-electron chi connectivity index (χ3n) is 5.45. The molecule has 0 saturated heterocycles. The molecule has 0 aromatic carbocycles. The van der Waals surface area contributed by atoms with Gasteiger partial charge in [0.1, 0.15) is 0 Å². The van der Waals surface area contributed by atoms with E-state index in [1.165, 1.54) is 77.0 Å². The van der Waals surface area contributed by atoms with Gasteiger partial charge >= 0.3 is 0 Å². The molecule has 126 valence electrons. The van der Waals surface area contributed by atoms with E-state index in [-0.39, 0.29) is 0 Å². The molecule has 1 aliphatic rings. The summed E-state index contributed by atoms with van der Waals surface area (Å²) >= 11 is 0. The van der Waals surface area contributed by atoms with E-state index in [4.69, 9.17) is 0 Å². The fourth-order valence-corrected chi connectivity index (χ4v) is 4.59. The van der Waals surface area contributed by atoms with E-state index in [1.54, 1.807) is 0 Å². The van der Waals surface area contributed by atoms with Gasteiger partial charge in [0.05, 0.1) is 0 Å². The lowest BCUT2D eigenvalue weighted by Gasteiger charge is -2.40. The predicted molar refractivity (Wildman–Crippen MR) is 95.8 cm³/mol. The molecule has 0 heterocycles. The summed E-state index contributed by atoms with van der Waals surface area (Å²) in [6.45, 7) is 10.5. The van der Waals surface area contributed by atoms with Crippen molar-refractivity contribution in [1.29, 1.82) is 0 Å². The summed E-state index contributed by atoms with van der Waals surface area (Å²) in [6.07, 6.45) is 17.3. The molecule has 0 aromatic heterocycles. The van der Waals surface area contributed by atoms with Crippen LogP contribution >= 0.6 is 0 Å². The molecule has 0 aromatic rings. The van der Waals surface area contributed by atoms with Crippen molar-refractivity contribution in [1.82, 2.24) is 5.32 Å². The Kier molecular flexibility index (Phi) is 9.64. The summed E-state index contributed by atoms with van der Waals surface area (Å²) in [6, 6.07) is 0.776. The number of hydrogen-bond acceptors (Lipinski definition) is 1. The van der Waals surface area contributed by atoms with Crippen LogP contribution in [0.2, 0.25) is 0 Å². The van der Waals surface area contributed by atoms with Crippen molar-refractivity contribution in [2.24, 2.45) is 11.3 Å². The Morgan fingerprint density at radius 3 is 2.10 bits per heavy atom. The largest absolute Gasteiger partial charge is 0.314 e. The summed E-state index contributed by atoms with van der Waals surface area (Å²) < 4.78 is 0. The highest BCUT2D eigenvalue weighted by molar-refractivity contribution is 4.95. The first-order valence-corrected chi connectivity index (χ1v) is 9.88. The van der Waals surface area contributed by atoms with Gasteiger partial charge in [-0.1, -0.05) is 79.1 Å². The Bertz CT molecular complexity index is 240.